The molecule has 0 bridgehead atoms. The number of carbonyl (C=O) groups excluding carboxylic acids is 1. The van der Waals surface area contributed by atoms with Crippen molar-refractivity contribution in [2.75, 3.05) is 0 Å². The summed E-state index contributed by atoms with van der Waals surface area (Å²) in [5, 5.41) is 0. The minimum atomic E-state index is -0.924. The van der Waals surface area contributed by atoms with E-state index in [-0.39, 0.29) is 0 Å². The van der Waals surface area contributed by atoms with Crippen LogP contribution >= 0.6 is 8.25 Å². The van der Waals surface area contributed by atoms with Gasteiger partial charge in [0.2, 0.25) is 0 Å². The van der Waals surface area contributed by atoms with Crippen molar-refractivity contribution in [3.63, 3.8) is 0 Å². The first-order chi connectivity index (χ1) is 3.68. The summed E-state index contributed by atoms with van der Waals surface area (Å²) in [5.74, 6) is -0.515. The summed E-state index contributed by atoms with van der Waals surface area (Å²) < 4.78 is 12.7. The maximum Gasteiger partial charge on any atom is 0.268 e. The molecule has 8 heavy (non-hydrogen) atoms. The van der Waals surface area contributed by atoms with E-state index in [1.54, 1.807) is 0 Å². The second-order valence-electron chi connectivity index (χ2n) is 1.33. The van der Waals surface area contributed by atoms with Crippen LogP contribution in [-0.4, -0.2) is 11.9 Å². The molecular formula is C3H7N2O2P. The lowest BCUT2D eigenvalue weighted by atomic mass is 10.4. The van der Waals surface area contributed by atoms with E-state index in [1.807, 2.05) is 0 Å². The van der Waals surface area contributed by atoms with E-state index < -0.39 is 20.2 Å². The molecule has 0 aliphatic rings. The Morgan fingerprint density at radius 3 is 2.50 bits per heavy atom. The average Bonchev–Trinajstić information content (AvgIpc) is 1.67. The maximum atomic E-state index is 10.3. The summed E-state index contributed by atoms with van der Waals surface area (Å²) in [6.45, 7) is 1.49. The lowest BCUT2D eigenvalue weighted by Gasteiger charge is -1.91. The molecule has 0 aliphatic carbocycles. The van der Waals surface area contributed by atoms with Crippen molar-refractivity contribution >= 4 is 14.2 Å². The zero-order valence-electron chi connectivity index (χ0n) is 4.42. The molecule has 46 valence electrons. The van der Waals surface area contributed by atoms with Gasteiger partial charge in [0.25, 0.3) is 5.91 Å². The molecule has 0 aromatic heterocycles. The van der Waals surface area contributed by atoms with Crippen LogP contribution in [0.2, 0.25) is 0 Å². The third-order valence-electron chi connectivity index (χ3n) is 0.545. The number of carbonyl (C=O) groups is 1. The Labute approximate surface area is 48.0 Å². The highest BCUT2D eigenvalue weighted by atomic mass is 31.0. The molecule has 0 saturated carbocycles. The SMILES string of the molecule is C[C@@H](N)C(=O)N=[PH]=O. The molecule has 0 aliphatic heterocycles. The van der Waals surface area contributed by atoms with Gasteiger partial charge in [-0.05, 0) is 6.92 Å². The first-order valence-corrected chi connectivity index (χ1v) is 2.91. The summed E-state index contributed by atoms with van der Waals surface area (Å²) in [6.07, 6.45) is 0. The predicted molar refractivity (Wildman–Crippen MR) is 30.1 cm³/mol. The van der Waals surface area contributed by atoms with Gasteiger partial charge in [-0.1, -0.05) is 0 Å². The van der Waals surface area contributed by atoms with Crippen LogP contribution < -0.4 is 5.73 Å². The van der Waals surface area contributed by atoms with E-state index in [9.17, 15) is 9.36 Å². The van der Waals surface area contributed by atoms with Crippen molar-refractivity contribution in [1.82, 2.24) is 0 Å². The fraction of sp³-hybridized carbons (Fsp3) is 0.667. The molecule has 2 atom stereocenters. The summed E-state index contributed by atoms with van der Waals surface area (Å²) in [7, 11) is -0.924. The summed E-state index contributed by atoms with van der Waals surface area (Å²) in [4.78, 5) is 10.3. The predicted octanol–water partition coefficient (Wildman–Crippen LogP) is 0.0678. The third kappa shape index (κ3) is 2.66. The Kier molecular flexibility index (Phi) is 3.31. The van der Waals surface area contributed by atoms with Gasteiger partial charge in [0.05, 0.1) is 6.04 Å². The highest BCUT2D eigenvalue weighted by Gasteiger charge is 2.01. The van der Waals surface area contributed by atoms with Gasteiger partial charge < -0.3 is 5.73 Å². The van der Waals surface area contributed by atoms with Crippen LogP contribution in [0.4, 0.5) is 0 Å². The smallest absolute Gasteiger partial charge is 0.268 e. The highest BCUT2D eigenvalue weighted by Crippen LogP contribution is 1.86. The minimum absolute atomic E-state index is 0.515. The number of nitrogens with zero attached hydrogens (tertiary/aromatic N) is 1. The summed E-state index contributed by atoms with van der Waals surface area (Å²) in [6, 6.07) is -0.628. The first kappa shape index (κ1) is 7.53. The fourth-order valence-corrected chi connectivity index (χ4v) is 0.440. The van der Waals surface area contributed by atoms with Crippen molar-refractivity contribution in [3.05, 3.63) is 0 Å². The Hall–Kier alpha value is -0.470. The molecule has 1 amide bonds. The van der Waals surface area contributed by atoms with Crippen LogP contribution in [0.5, 0.6) is 0 Å². The summed E-state index contributed by atoms with van der Waals surface area (Å²) >= 11 is 0. The number of hydrogen-bond acceptors (Lipinski definition) is 3. The monoisotopic (exact) mass is 134 g/mol. The van der Waals surface area contributed by atoms with E-state index in [2.05, 4.69) is 4.74 Å². The largest absolute Gasteiger partial charge is 0.320 e. The lowest BCUT2D eigenvalue weighted by molar-refractivity contribution is -0.118. The Morgan fingerprint density at radius 1 is 1.88 bits per heavy atom. The van der Waals surface area contributed by atoms with Crippen LogP contribution in [0.15, 0.2) is 4.74 Å². The van der Waals surface area contributed by atoms with Gasteiger partial charge >= 0.3 is 0 Å². The molecule has 0 heterocycles. The van der Waals surface area contributed by atoms with Crippen LogP contribution in [0.3, 0.4) is 0 Å². The molecular weight excluding hydrogens is 127 g/mol. The van der Waals surface area contributed by atoms with Crippen molar-refractivity contribution in [2.45, 2.75) is 13.0 Å². The van der Waals surface area contributed by atoms with Crippen LogP contribution in [-0.2, 0) is 9.36 Å². The van der Waals surface area contributed by atoms with Gasteiger partial charge in [-0.15, -0.1) is 0 Å². The number of hydrogen-bond donors (Lipinski definition) is 1. The Balaban J connectivity index is 3.84. The number of amides is 1. The second kappa shape index (κ2) is 3.52. The zero-order chi connectivity index (χ0) is 6.57. The van der Waals surface area contributed by atoms with Gasteiger partial charge in [-0.25, -0.2) is 0 Å². The standard InChI is InChI=1S/C3H7N2O2P/c1-2(4)3(6)5-8-7/h2,8H,4H2,1H3/t2-/m1/s1. The van der Waals surface area contributed by atoms with Crippen molar-refractivity contribution in [3.8, 4) is 0 Å². The van der Waals surface area contributed by atoms with Crippen LogP contribution in [0.25, 0.3) is 0 Å². The van der Waals surface area contributed by atoms with E-state index in [0.29, 0.717) is 0 Å². The van der Waals surface area contributed by atoms with Crippen molar-refractivity contribution in [1.29, 1.82) is 0 Å². The molecule has 1 unspecified atom stereocenters. The summed E-state index contributed by atoms with van der Waals surface area (Å²) in [5.41, 5.74) is 5.04. The van der Waals surface area contributed by atoms with Gasteiger partial charge in [0, 0.05) is 0 Å². The molecule has 0 rings (SSSR count). The van der Waals surface area contributed by atoms with Gasteiger partial charge in [0.15, 0.2) is 8.25 Å². The highest BCUT2D eigenvalue weighted by molar-refractivity contribution is 7.12. The molecule has 5 heteroatoms. The van der Waals surface area contributed by atoms with Crippen molar-refractivity contribution in [2.24, 2.45) is 10.5 Å². The first-order valence-electron chi connectivity index (χ1n) is 2.05. The molecule has 0 radical (unpaired) electrons. The fourth-order valence-electron chi connectivity index (χ4n) is 0.147. The molecule has 2 N–H and O–H groups in total. The molecule has 0 aromatic carbocycles. The second-order valence-corrected chi connectivity index (χ2v) is 1.74. The van der Waals surface area contributed by atoms with Gasteiger partial charge in [-0.2, -0.15) is 4.74 Å². The van der Waals surface area contributed by atoms with E-state index in [1.165, 1.54) is 6.92 Å². The van der Waals surface area contributed by atoms with Crippen LogP contribution in [0.1, 0.15) is 6.92 Å². The molecule has 0 fully saturated rings. The molecule has 0 aromatic rings. The molecule has 4 nitrogen and oxygen atoms in total. The molecule has 0 spiro atoms. The zero-order valence-corrected chi connectivity index (χ0v) is 5.42. The van der Waals surface area contributed by atoms with E-state index in [0.717, 1.165) is 0 Å². The number of nitrogens with two attached hydrogens (primary N) is 1. The Bertz CT molecular complexity index is 138. The third-order valence-corrected chi connectivity index (χ3v) is 0.857. The quantitative estimate of drug-likeness (QED) is 0.515. The Morgan fingerprint density at radius 2 is 2.38 bits per heavy atom. The average molecular weight is 134 g/mol. The normalized spacial score (nSPS) is 13.2. The molecule has 0 saturated heterocycles. The van der Waals surface area contributed by atoms with Crippen LogP contribution in [0, 0.1) is 0 Å². The topological polar surface area (TPSA) is 72.5 Å². The number of rotatable bonds is 1. The lowest BCUT2D eigenvalue weighted by Crippen LogP contribution is -2.23. The van der Waals surface area contributed by atoms with Gasteiger partial charge in [-0.3, -0.25) is 9.36 Å². The van der Waals surface area contributed by atoms with E-state index in [4.69, 9.17) is 5.73 Å². The van der Waals surface area contributed by atoms with Crippen molar-refractivity contribution < 1.29 is 9.36 Å². The van der Waals surface area contributed by atoms with Gasteiger partial charge in [0.1, 0.15) is 0 Å². The minimum Gasteiger partial charge on any atom is -0.320 e. The van der Waals surface area contributed by atoms with E-state index >= 15 is 0 Å². The maximum absolute atomic E-state index is 10.3.